The van der Waals surface area contributed by atoms with E-state index < -0.39 is 5.97 Å². The molecule has 0 amide bonds. The van der Waals surface area contributed by atoms with Crippen LogP contribution in [0.25, 0.3) is 6.08 Å². The van der Waals surface area contributed by atoms with Crippen LogP contribution in [0, 0.1) is 6.92 Å². The molecule has 0 aliphatic carbocycles. The van der Waals surface area contributed by atoms with Gasteiger partial charge in [0.2, 0.25) is 0 Å². The van der Waals surface area contributed by atoms with E-state index in [2.05, 4.69) is 0 Å². The molecule has 30 heavy (non-hydrogen) atoms. The summed E-state index contributed by atoms with van der Waals surface area (Å²) in [4.78, 5) is 24.7. The second-order valence-corrected chi connectivity index (χ2v) is 6.59. The maximum Gasteiger partial charge on any atom is 0.343 e. The molecule has 0 bridgehead atoms. The van der Waals surface area contributed by atoms with Crippen LogP contribution in [0.4, 0.5) is 0 Å². The van der Waals surface area contributed by atoms with Gasteiger partial charge < -0.3 is 14.2 Å². The first-order valence-corrected chi connectivity index (χ1v) is 9.33. The Morgan fingerprint density at radius 1 is 0.767 bits per heavy atom. The van der Waals surface area contributed by atoms with Crippen LogP contribution in [0.2, 0.25) is 0 Å². The number of ether oxygens (including phenoxy) is 3. The highest BCUT2D eigenvalue weighted by Crippen LogP contribution is 2.26. The van der Waals surface area contributed by atoms with Gasteiger partial charge in [-0.3, -0.25) is 4.79 Å². The molecule has 3 rings (SSSR count). The van der Waals surface area contributed by atoms with Gasteiger partial charge in [-0.25, -0.2) is 4.79 Å². The summed E-state index contributed by atoms with van der Waals surface area (Å²) in [5, 5.41) is 0. The molecule has 0 saturated heterocycles. The van der Waals surface area contributed by atoms with Crippen molar-refractivity contribution < 1.29 is 23.8 Å². The van der Waals surface area contributed by atoms with Crippen molar-refractivity contribution in [3.63, 3.8) is 0 Å². The van der Waals surface area contributed by atoms with Gasteiger partial charge in [-0.05, 0) is 67.6 Å². The number of aryl methyl sites for hydroxylation is 1. The van der Waals surface area contributed by atoms with Crippen molar-refractivity contribution in [2.45, 2.75) is 6.92 Å². The number of rotatable bonds is 7. The van der Waals surface area contributed by atoms with Gasteiger partial charge in [-0.15, -0.1) is 0 Å². The molecule has 0 atom stereocenters. The Balaban J connectivity index is 1.67. The molecule has 0 aliphatic heterocycles. The minimum atomic E-state index is -0.444. The van der Waals surface area contributed by atoms with E-state index in [-0.39, 0.29) is 5.78 Å². The predicted octanol–water partition coefficient (Wildman–Crippen LogP) is 5.13. The monoisotopic (exact) mass is 402 g/mol. The highest BCUT2D eigenvalue weighted by Gasteiger charge is 2.09. The fourth-order valence-electron chi connectivity index (χ4n) is 2.76. The van der Waals surface area contributed by atoms with E-state index in [1.165, 1.54) is 6.08 Å². The zero-order valence-electron chi connectivity index (χ0n) is 17.0. The largest absolute Gasteiger partial charge is 0.497 e. The van der Waals surface area contributed by atoms with E-state index in [4.69, 9.17) is 14.2 Å². The van der Waals surface area contributed by atoms with E-state index >= 15 is 0 Å². The van der Waals surface area contributed by atoms with Crippen molar-refractivity contribution in [3.05, 3.63) is 95.1 Å². The summed E-state index contributed by atoms with van der Waals surface area (Å²) in [5.41, 5.74) is 2.77. The molecule has 3 aromatic rings. The van der Waals surface area contributed by atoms with Gasteiger partial charge >= 0.3 is 5.97 Å². The van der Waals surface area contributed by atoms with Crippen LogP contribution in [0.3, 0.4) is 0 Å². The van der Waals surface area contributed by atoms with Gasteiger partial charge in [0.25, 0.3) is 0 Å². The Labute approximate surface area is 175 Å². The second-order valence-electron chi connectivity index (χ2n) is 6.59. The molecule has 0 unspecified atom stereocenters. The number of carbonyl (C=O) groups excluding carboxylic acids is 2. The van der Waals surface area contributed by atoms with E-state index in [0.717, 1.165) is 11.1 Å². The normalized spacial score (nSPS) is 10.6. The number of hydrogen-bond donors (Lipinski definition) is 0. The summed E-state index contributed by atoms with van der Waals surface area (Å²) in [6.45, 7) is 1.95. The maximum atomic E-state index is 12.5. The molecule has 152 valence electrons. The molecular formula is C25H22O5. The zero-order valence-corrected chi connectivity index (χ0v) is 17.0. The number of carbonyl (C=O) groups is 2. The smallest absolute Gasteiger partial charge is 0.343 e. The van der Waals surface area contributed by atoms with Crippen LogP contribution in [0.1, 0.15) is 31.8 Å². The van der Waals surface area contributed by atoms with E-state index in [1.807, 2.05) is 25.1 Å². The van der Waals surface area contributed by atoms with Crippen molar-refractivity contribution >= 4 is 17.8 Å². The lowest BCUT2D eigenvalue weighted by atomic mass is 10.1. The molecule has 0 N–H and O–H groups in total. The first kappa shape index (κ1) is 20.9. The zero-order chi connectivity index (χ0) is 21.5. The summed E-state index contributed by atoms with van der Waals surface area (Å²) in [6, 6.07) is 18.9. The summed E-state index contributed by atoms with van der Waals surface area (Å²) >= 11 is 0. The van der Waals surface area contributed by atoms with E-state index in [1.54, 1.807) is 68.8 Å². The molecule has 0 heterocycles. The molecule has 3 aromatic carbocycles. The van der Waals surface area contributed by atoms with Crippen LogP contribution in [-0.2, 0) is 0 Å². The topological polar surface area (TPSA) is 61.8 Å². The number of hydrogen-bond acceptors (Lipinski definition) is 5. The van der Waals surface area contributed by atoms with Crippen molar-refractivity contribution in [1.29, 1.82) is 0 Å². The van der Waals surface area contributed by atoms with Crippen molar-refractivity contribution in [3.8, 4) is 17.2 Å². The van der Waals surface area contributed by atoms with E-state index in [0.29, 0.717) is 28.4 Å². The Bertz CT molecular complexity index is 1060. The third-order valence-corrected chi connectivity index (χ3v) is 4.49. The number of esters is 1. The number of allylic oxidation sites excluding steroid dienone is 1. The molecular weight excluding hydrogens is 380 g/mol. The Morgan fingerprint density at radius 2 is 1.40 bits per heavy atom. The van der Waals surface area contributed by atoms with Gasteiger partial charge in [0.1, 0.15) is 17.2 Å². The third-order valence-electron chi connectivity index (χ3n) is 4.49. The Hall–Kier alpha value is -3.86. The number of methoxy groups -OCH3 is 2. The molecule has 5 heteroatoms. The molecule has 0 aliphatic rings. The Morgan fingerprint density at radius 3 is 2.03 bits per heavy atom. The SMILES string of the molecule is COc1ccc(/C=C/C(=O)c2ccc(OC(=O)c3ccc(C)cc3)cc2)c(OC)c1. The fourth-order valence-corrected chi connectivity index (χ4v) is 2.76. The lowest BCUT2D eigenvalue weighted by molar-refractivity contribution is 0.0734. The summed E-state index contributed by atoms with van der Waals surface area (Å²) < 4.78 is 15.9. The predicted molar refractivity (Wildman–Crippen MR) is 115 cm³/mol. The van der Waals surface area contributed by atoms with Gasteiger partial charge in [0.15, 0.2) is 5.78 Å². The minimum Gasteiger partial charge on any atom is -0.497 e. The van der Waals surface area contributed by atoms with Crippen molar-refractivity contribution in [2.24, 2.45) is 0 Å². The quantitative estimate of drug-likeness (QED) is 0.237. The standard InChI is InChI=1S/C25H22O5/c1-17-4-6-20(7-5-17)25(27)30-21-12-8-18(9-13-21)23(26)15-11-19-10-14-22(28-2)16-24(19)29-3/h4-16H,1-3H3/b15-11+. The second kappa shape index (κ2) is 9.56. The summed E-state index contributed by atoms with van der Waals surface area (Å²) in [5.74, 6) is 1.03. The molecule has 5 nitrogen and oxygen atoms in total. The van der Waals surface area contributed by atoms with Crippen LogP contribution >= 0.6 is 0 Å². The average Bonchev–Trinajstić information content (AvgIpc) is 2.78. The van der Waals surface area contributed by atoms with Crippen LogP contribution < -0.4 is 14.2 Å². The van der Waals surface area contributed by atoms with Gasteiger partial charge in [0, 0.05) is 17.2 Å². The van der Waals surface area contributed by atoms with Gasteiger partial charge in [-0.2, -0.15) is 0 Å². The number of ketones is 1. The first-order valence-electron chi connectivity index (χ1n) is 9.33. The minimum absolute atomic E-state index is 0.177. The van der Waals surface area contributed by atoms with Crippen LogP contribution in [0.15, 0.2) is 72.8 Å². The molecule has 0 spiro atoms. The van der Waals surface area contributed by atoms with Crippen LogP contribution in [0.5, 0.6) is 17.2 Å². The fraction of sp³-hybridized carbons (Fsp3) is 0.120. The number of benzene rings is 3. The third kappa shape index (κ3) is 5.14. The molecule has 0 radical (unpaired) electrons. The molecule has 0 fully saturated rings. The lowest BCUT2D eigenvalue weighted by Crippen LogP contribution is -2.08. The highest BCUT2D eigenvalue weighted by atomic mass is 16.5. The summed E-state index contributed by atoms with van der Waals surface area (Å²) in [6.07, 6.45) is 3.16. The van der Waals surface area contributed by atoms with Crippen molar-refractivity contribution in [1.82, 2.24) is 0 Å². The molecule has 0 aromatic heterocycles. The Kier molecular flexibility index (Phi) is 6.65. The molecule has 0 saturated carbocycles. The average molecular weight is 402 g/mol. The van der Waals surface area contributed by atoms with E-state index in [9.17, 15) is 9.59 Å². The highest BCUT2D eigenvalue weighted by molar-refractivity contribution is 6.07. The van der Waals surface area contributed by atoms with Crippen LogP contribution in [-0.4, -0.2) is 26.0 Å². The maximum absolute atomic E-state index is 12.5. The van der Waals surface area contributed by atoms with Crippen molar-refractivity contribution in [2.75, 3.05) is 14.2 Å². The van der Waals surface area contributed by atoms with Gasteiger partial charge in [-0.1, -0.05) is 17.7 Å². The lowest BCUT2D eigenvalue weighted by Gasteiger charge is -2.07. The summed E-state index contributed by atoms with van der Waals surface area (Å²) in [7, 11) is 3.14. The van der Waals surface area contributed by atoms with Gasteiger partial charge in [0.05, 0.1) is 19.8 Å². The first-order chi connectivity index (χ1) is 14.5.